The molecule has 1 aromatic carbocycles. The van der Waals surface area contributed by atoms with Gasteiger partial charge in [0.1, 0.15) is 0 Å². The molecule has 3 fully saturated rings. The lowest BCUT2D eigenvalue weighted by molar-refractivity contribution is 0.0812. The molecule has 0 spiro atoms. The Morgan fingerprint density at radius 2 is 2.00 bits per heavy atom. The number of benzene rings is 1. The predicted octanol–water partition coefficient (Wildman–Crippen LogP) is 2.23. The first-order valence-corrected chi connectivity index (χ1v) is 8.07. The Morgan fingerprint density at radius 1 is 1.29 bits per heavy atom. The molecule has 0 aromatic heterocycles. The summed E-state index contributed by atoms with van der Waals surface area (Å²) in [7, 11) is 0. The van der Waals surface area contributed by atoms with Crippen LogP contribution >= 0.6 is 23.8 Å². The molecule has 3 saturated heterocycles. The summed E-state index contributed by atoms with van der Waals surface area (Å²) in [6.07, 6.45) is 4.28. The van der Waals surface area contributed by atoms with Crippen LogP contribution < -0.4 is 10.7 Å². The lowest BCUT2D eigenvalue weighted by Gasteiger charge is -2.45. The highest BCUT2D eigenvalue weighted by molar-refractivity contribution is 7.80. The summed E-state index contributed by atoms with van der Waals surface area (Å²) in [5, 5.41) is 8.87. The van der Waals surface area contributed by atoms with Crippen molar-refractivity contribution in [1.29, 1.82) is 0 Å². The Balaban J connectivity index is 1.47. The van der Waals surface area contributed by atoms with Crippen LogP contribution in [0, 0.1) is 5.92 Å². The van der Waals surface area contributed by atoms with Crippen molar-refractivity contribution >= 4 is 35.1 Å². The number of thiocarbonyl (C=S) groups is 1. The van der Waals surface area contributed by atoms with Crippen molar-refractivity contribution in [3.05, 3.63) is 34.9 Å². The fourth-order valence-corrected chi connectivity index (χ4v) is 3.37. The van der Waals surface area contributed by atoms with Gasteiger partial charge in [0.2, 0.25) is 0 Å². The van der Waals surface area contributed by atoms with E-state index in [4.69, 9.17) is 23.8 Å². The Bertz CT molecular complexity index is 523. The van der Waals surface area contributed by atoms with Crippen molar-refractivity contribution in [3.63, 3.8) is 0 Å². The zero-order valence-corrected chi connectivity index (χ0v) is 13.3. The van der Waals surface area contributed by atoms with Crippen molar-refractivity contribution < 1.29 is 0 Å². The van der Waals surface area contributed by atoms with Crippen LogP contribution in [0.4, 0.5) is 0 Å². The third-order valence-electron chi connectivity index (χ3n) is 4.22. The number of nitrogens with one attached hydrogen (secondary N) is 2. The summed E-state index contributed by atoms with van der Waals surface area (Å²) in [5.74, 6) is 0.745. The second-order valence-electron chi connectivity index (χ2n) is 5.64. The molecule has 1 aromatic rings. The minimum absolute atomic E-state index is 0.457. The molecule has 0 radical (unpaired) electrons. The first kappa shape index (κ1) is 14.8. The first-order chi connectivity index (χ1) is 10.2. The molecule has 6 heteroatoms. The zero-order valence-electron chi connectivity index (χ0n) is 11.8. The highest BCUT2D eigenvalue weighted by atomic mass is 35.5. The molecule has 0 unspecified atom stereocenters. The van der Waals surface area contributed by atoms with E-state index >= 15 is 0 Å². The molecule has 3 aliphatic heterocycles. The summed E-state index contributed by atoms with van der Waals surface area (Å²) >= 11 is 11.2. The van der Waals surface area contributed by atoms with Gasteiger partial charge in [0.25, 0.3) is 0 Å². The van der Waals surface area contributed by atoms with E-state index in [2.05, 4.69) is 20.7 Å². The maximum absolute atomic E-state index is 5.84. The lowest BCUT2D eigenvalue weighted by atomic mass is 9.84. The van der Waals surface area contributed by atoms with Crippen molar-refractivity contribution in [3.8, 4) is 0 Å². The van der Waals surface area contributed by atoms with Gasteiger partial charge in [-0.1, -0.05) is 23.7 Å². The molecule has 4 nitrogen and oxygen atoms in total. The molecule has 3 aliphatic rings. The van der Waals surface area contributed by atoms with Gasteiger partial charge in [-0.3, -0.25) is 5.43 Å². The first-order valence-electron chi connectivity index (χ1n) is 7.28. The lowest BCUT2D eigenvalue weighted by Crippen LogP contribution is -2.58. The quantitative estimate of drug-likeness (QED) is 0.508. The number of nitrogens with zero attached hydrogens (tertiary/aromatic N) is 2. The maximum atomic E-state index is 5.84. The molecular formula is C15H19ClN4S. The molecule has 0 saturated carbocycles. The van der Waals surface area contributed by atoms with E-state index in [0.29, 0.717) is 11.2 Å². The largest absolute Gasteiger partial charge is 0.357 e. The average Bonchev–Trinajstić information content (AvgIpc) is 2.50. The Kier molecular flexibility index (Phi) is 4.73. The summed E-state index contributed by atoms with van der Waals surface area (Å²) < 4.78 is 0. The molecule has 0 aliphatic carbocycles. The summed E-state index contributed by atoms with van der Waals surface area (Å²) in [5.41, 5.74) is 3.87. The van der Waals surface area contributed by atoms with E-state index in [1.165, 1.54) is 25.9 Å². The second-order valence-corrected chi connectivity index (χ2v) is 6.48. The molecule has 2 N–H and O–H groups in total. The van der Waals surface area contributed by atoms with Crippen LogP contribution in [0.5, 0.6) is 0 Å². The van der Waals surface area contributed by atoms with Crippen molar-refractivity contribution in [1.82, 2.24) is 15.6 Å². The SMILES string of the molecule is S=C(N/N=C\c1ccc(Cl)cc1)N[C@H]1CN2CCC1CC2. The summed E-state index contributed by atoms with van der Waals surface area (Å²) in [4.78, 5) is 2.50. The van der Waals surface area contributed by atoms with E-state index in [1.807, 2.05) is 24.3 Å². The van der Waals surface area contributed by atoms with Gasteiger partial charge in [-0.25, -0.2) is 0 Å². The number of halogens is 1. The fourth-order valence-electron chi connectivity index (χ4n) is 3.04. The van der Waals surface area contributed by atoms with Gasteiger partial charge in [0.15, 0.2) is 5.11 Å². The minimum atomic E-state index is 0.457. The summed E-state index contributed by atoms with van der Waals surface area (Å²) in [6.45, 7) is 3.56. The minimum Gasteiger partial charge on any atom is -0.357 e. The van der Waals surface area contributed by atoms with Crippen LogP contribution in [0.2, 0.25) is 5.02 Å². The van der Waals surface area contributed by atoms with Crippen LogP contribution in [0.15, 0.2) is 29.4 Å². The van der Waals surface area contributed by atoms with Gasteiger partial charge in [0.05, 0.1) is 6.21 Å². The second kappa shape index (κ2) is 6.73. The molecular weight excluding hydrogens is 304 g/mol. The number of fused-ring (bicyclic) bond motifs is 3. The van der Waals surface area contributed by atoms with Crippen LogP contribution in [-0.2, 0) is 0 Å². The number of hydrazone groups is 1. The Hall–Kier alpha value is -1.17. The average molecular weight is 323 g/mol. The van der Waals surface area contributed by atoms with Gasteiger partial charge >= 0.3 is 0 Å². The number of rotatable bonds is 3. The van der Waals surface area contributed by atoms with E-state index < -0.39 is 0 Å². The standard InChI is InChI=1S/C15H19ClN4S/c16-13-3-1-11(2-4-13)9-17-19-15(21)18-14-10-20-7-5-12(14)6-8-20/h1-4,9,12,14H,5-8,10H2,(H2,18,19,21)/b17-9-/t14-/m0/s1. The predicted molar refractivity (Wildman–Crippen MR) is 90.9 cm³/mol. The monoisotopic (exact) mass is 322 g/mol. The molecule has 3 heterocycles. The van der Waals surface area contributed by atoms with E-state index in [1.54, 1.807) is 6.21 Å². The smallest absolute Gasteiger partial charge is 0.187 e. The third-order valence-corrected chi connectivity index (χ3v) is 4.68. The van der Waals surface area contributed by atoms with Gasteiger partial charge in [-0.15, -0.1) is 0 Å². The Morgan fingerprint density at radius 3 is 2.62 bits per heavy atom. The normalized spacial score (nSPS) is 27.8. The molecule has 1 atom stereocenters. The van der Waals surface area contributed by atoms with E-state index in [0.717, 1.165) is 23.0 Å². The van der Waals surface area contributed by atoms with Crippen molar-refractivity contribution in [2.24, 2.45) is 11.0 Å². The van der Waals surface area contributed by atoms with Crippen LogP contribution in [0.3, 0.4) is 0 Å². The summed E-state index contributed by atoms with van der Waals surface area (Å²) in [6, 6.07) is 7.96. The van der Waals surface area contributed by atoms with Crippen LogP contribution in [0.25, 0.3) is 0 Å². The third kappa shape index (κ3) is 3.93. The number of hydrogen-bond donors (Lipinski definition) is 2. The molecule has 21 heavy (non-hydrogen) atoms. The van der Waals surface area contributed by atoms with E-state index in [9.17, 15) is 0 Å². The number of piperidine rings is 3. The topological polar surface area (TPSA) is 39.7 Å². The van der Waals surface area contributed by atoms with Gasteiger partial charge in [-0.2, -0.15) is 5.10 Å². The highest BCUT2D eigenvalue weighted by Gasteiger charge is 2.34. The van der Waals surface area contributed by atoms with Gasteiger partial charge in [-0.05, 0) is 61.8 Å². The highest BCUT2D eigenvalue weighted by Crippen LogP contribution is 2.27. The number of hydrogen-bond acceptors (Lipinski definition) is 3. The Labute approximate surface area is 135 Å². The molecule has 2 bridgehead atoms. The van der Waals surface area contributed by atoms with Crippen LogP contribution in [0.1, 0.15) is 18.4 Å². The fraction of sp³-hybridized carbons (Fsp3) is 0.467. The maximum Gasteiger partial charge on any atom is 0.187 e. The van der Waals surface area contributed by atoms with E-state index in [-0.39, 0.29) is 0 Å². The zero-order chi connectivity index (χ0) is 14.7. The van der Waals surface area contributed by atoms with Crippen LogP contribution in [-0.4, -0.2) is 41.9 Å². The van der Waals surface area contributed by atoms with Gasteiger partial charge < -0.3 is 10.2 Å². The molecule has 112 valence electrons. The van der Waals surface area contributed by atoms with Gasteiger partial charge in [0, 0.05) is 17.6 Å². The molecule has 4 rings (SSSR count). The van der Waals surface area contributed by atoms with Crippen molar-refractivity contribution in [2.45, 2.75) is 18.9 Å². The van der Waals surface area contributed by atoms with Crippen molar-refractivity contribution in [2.75, 3.05) is 19.6 Å². The molecule has 0 amide bonds.